The molecule has 1 aliphatic carbocycles. The predicted molar refractivity (Wildman–Crippen MR) is 125 cm³/mol. The van der Waals surface area contributed by atoms with Gasteiger partial charge in [0.2, 0.25) is 0 Å². The number of carbonyl (C=O) groups is 1. The molecule has 172 valence electrons. The summed E-state index contributed by atoms with van der Waals surface area (Å²) in [7, 11) is 0. The molecule has 3 aromatic heterocycles. The number of nitrogens with zero attached hydrogens (tertiary/aromatic N) is 4. The van der Waals surface area contributed by atoms with Gasteiger partial charge in [-0.25, -0.2) is 14.2 Å². The second-order valence-corrected chi connectivity index (χ2v) is 10.5. The topological polar surface area (TPSA) is 101 Å². The van der Waals surface area contributed by atoms with Crippen LogP contribution in [0.1, 0.15) is 62.7 Å². The van der Waals surface area contributed by atoms with E-state index in [1.807, 2.05) is 44.7 Å². The molecule has 1 saturated carbocycles. The van der Waals surface area contributed by atoms with Crippen LogP contribution >= 0.6 is 11.5 Å². The van der Waals surface area contributed by atoms with Crippen molar-refractivity contribution < 1.29 is 9.53 Å². The Morgan fingerprint density at radius 3 is 2.73 bits per heavy atom. The van der Waals surface area contributed by atoms with E-state index in [9.17, 15) is 9.59 Å². The zero-order valence-electron chi connectivity index (χ0n) is 19.1. The number of ether oxygens (including phenoxy) is 1. The number of aromatic nitrogens is 4. The first-order valence-corrected chi connectivity index (χ1v) is 12.0. The van der Waals surface area contributed by atoms with Crippen LogP contribution in [0.15, 0.2) is 34.8 Å². The van der Waals surface area contributed by atoms with E-state index in [1.54, 1.807) is 4.90 Å². The molecule has 5 rings (SSSR count). The summed E-state index contributed by atoms with van der Waals surface area (Å²) in [5.41, 5.74) is 3.35. The lowest BCUT2D eigenvalue weighted by Gasteiger charge is -2.26. The Bertz CT molecular complexity index is 1240. The highest BCUT2D eigenvalue weighted by atomic mass is 32.1. The van der Waals surface area contributed by atoms with Crippen molar-refractivity contribution in [3.8, 4) is 11.1 Å². The van der Waals surface area contributed by atoms with E-state index in [0.717, 1.165) is 41.6 Å². The van der Waals surface area contributed by atoms with Gasteiger partial charge in [0.1, 0.15) is 11.4 Å². The largest absolute Gasteiger partial charge is 0.444 e. The quantitative estimate of drug-likeness (QED) is 0.626. The highest BCUT2D eigenvalue weighted by molar-refractivity contribution is 7.03. The van der Waals surface area contributed by atoms with Crippen LogP contribution in [0.3, 0.4) is 0 Å². The van der Waals surface area contributed by atoms with Crippen molar-refractivity contribution in [2.24, 2.45) is 0 Å². The van der Waals surface area contributed by atoms with Crippen LogP contribution in [0.4, 0.5) is 4.79 Å². The standard InChI is InChI=1S/C24H27N5O3S/c1-23(2,3)32-22(31)29-8-4-5-19-18(13-29)20(30)28-21(27-19)24(6-7-24)17-9-15(10-25-12-17)16-11-26-33-14-16/h9-12,14H,4-8,13H2,1-3H3,(H,27,28,30). The summed E-state index contributed by atoms with van der Waals surface area (Å²) in [5, 5.41) is 2.00. The molecule has 0 unspecified atom stereocenters. The number of rotatable bonds is 3. The predicted octanol–water partition coefficient (Wildman–Crippen LogP) is 4.05. The number of carbonyl (C=O) groups excluding carboxylic acids is 1. The zero-order chi connectivity index (χ0) is 23.2. The van der Waals surface area contributed by atoms with Gasteiger partial charge in [0.05, 0.1) is 23.2 Å². The highest BCUT2D eigenvalue weighted by Gasteiger charge is 2.49. The molecule has 1 fully saturated rings. The molecular weight excluding hydrogens is 438 g/mol. The van der Waals surface area contributed by atoms with Gasteiger partial charge >= 0.3 is 6.09 Å². The number of amides is 1. The molecule has 0 bridgehead atoms. The first kappa shape index (κ1) is 21.8. The number of aromatic amines is 1. The van der Waals surface area contributed by atoms with Crippen LogP contribution in [0.2, 0.25) is 0 Å². The van der Waals surface area contributed by atoms with Gasteiger partial charge in [-0.1, -0.05) is 0 Å². The smallest absolute Gasteiger partial charge is 0.410 e. The minimum Gasteiger partial charge on any atom is -0.444 e. The normalized spacial score (nSPS) is 17.2. The third-order valence-corrected chi connectivity index (χ3v) is 6.79. The third kappa shape index (κ3) is 4.29. The molecule has 0 atom stereocenters. The van der Waals surface area contributed by atoms with Gasteiger partial charge in [0, 0.05) is 41.6 Å². The molecular formula is C24H27N5O3S. The van der Waals surface area contributed by atoms with Crippen molar-refractivity contribution in [3.63, 3.8) is 0 Å². The molecule has 0 spiro atoms. The maximum absolute atomic E-state index is 13.2. The van der Waals surface area contributed by atoms with Crippen LogP contribution in [0, 0.1) is 0 Å². The maximum atomic E-state index is 13.2. The van der Waals surface area contributed by atoms with E-state index in [2.05, 4.69) is 20.4 Å². The van der Waals surface area contributed by atoms with Crippen molar-refractivity contribution in [1.29, 1.82) is 0 Å². The van der Waals surface area contributed by atoms with Crippen molar-refractivity contribution in [2.75, 3.05) is 6.54 Å². The first-order chi connectivity index (χ1) is 15.7. The Morgan fingerprint density at radius 2 is 2.03 bits per heavy atom. The Morgan fingerprint density at radius 1 is 1.21 bits per heavy atom. The Balaban J connectivity index is 1.46. The summed E-state index contributed by atoms with van der Waals surface area (Å²) in [4.78, 5) is 39.8. The molecule has 1 aliphatic heterocycles. The van der Waals surface area contributed by atoms with Gasteiger partial charge in [0.25, 0.3) is 5.56 Å². The van der Waals surface area contributed by atoms with E-state index < -0.39 is 11.7 Å². The van der Waals surface area contributed by atoms with Crippen LogP contribution in [0.5, 0.6) is 0 Å². The zero-order valence-corrected chi connectivity index (χ0v) is 19.9. The van der Waals surface area contributed by atoms with Crippen LogP contribution in [-0.4, -0.2) is 42.5 Å². The lowest BCUT2D eigenvalue weighted by Crippen LogP contribution is -2.37. The fourth-order valence-corrected chi connectivity index (χ4v) is 4.87. The molecule has 8 nitrogen and oxygen atoms in total. The molecule has 1 amide bonds. The van der Waals surface area contributed by atoms with Gasteiger partial charge in [-0.2, -0.15) is 0 Å². The lowest BCUT2D eigenvalue weighted by molar-refractivity contribution is 0.0236. The number of hydrogen-bond donors (Lipinski definition) is 1. The summed E-state index contributed by atoms with van der Waals surface area (Å²) in [6.45, 7) is 6.26. The first-order valence-electron chi connectivity index (χ1n) is 11.2. The minimum absolute atomic E-state index is 0.178. The van der Waals surface area contributed by atoms with Crippen LogP contribution in [0.25, 0.3) is 11.1 Å². The third-order valence-electron chi connectivity index (χ3n) is 6.20. The summed E-state index contributed by atoms with van der Waals surface area (Å²) < 4.78 is 9.71. The van der Waals surface area contributed by atoms with Gasteiger partial charge in [-0.3, -0.25) is 9.78 Å². The maximum Gasteiger partial charge on any atom is 0.410 e. The van der Waals surface area contributed by atoms with E-state index in [1.165, 1.54) is 11.5 Å². The van der Waals surface area contributed by atoms with Gasteiger partial charge in [-0.15, -0.1) is 0 Å². The Labute approximate surface area is 196 Å². The fourth-order valence-electron chi connectivity index (χ4n) is 4.32. The molecule has 0 radical (unpaired) electrons. The summed E-state index contributed by atoms with van der Waals surface area (Å²) >= 11 is 1.41. The number of pyridine rings is 1. The molecule has 9 heteroatoms. The highest BCUT2D eigenvalue weighted by Crippen LogP contribution is 2.52. The van der Waals surface area contributed by atoms with E-state index >= 15 is 0 Å². The number of nitrogens with one attached hydrogen (secondary N) is 1. The van der Waals surface area contributed by atoms with Gasteiger partial charge in [-0.05, 0) is 69.6 Å². The molecule has 1 N–H and O–H groups in total. The van der Waals surface area contributed by atoms with Gasteiger partial charge < -0.3 is 14.6 Å². The number of fused-ring (bicyclic) bond motifs is 1. The van der Waals surface area contributed by atoms with E-state index in [0.29, 0.717) is 24.4 Å². The van der Waals surface area contributed by atoms with Crippen LogP contribution in [-0.2, 0) is 23.1 Å². The second-order valence-electron chi connectivity index (χ2n) is 9.80. The van der Waals surface area contributed by atoms with Crippen molar-refractivity contribution in [1.82, 2.24) is 24.2 Å². The molecule has 0 aromatic carbocycles. The molecule has 33 heavy (non-hydrogen) atoms. The molecule has 4 heterocycles. The number of aryl methyl sites for hydroxylation is 1. The molecule has 3 aromatic rings. The van der Waals surface area contributed by atoms with E-state index in [-0.39, 0.29) is 17.5 Å². The lowest BCUT2D eigenvalue weighted by atomic mass is 9.94. The number of H-pyrrole nitrogens is 1. The average Bonchev–Trinajstić information content (AvgIpc) is 3.45. The number of hydrogen-bond acceptors (Lipinski definition) is 7. The van der Waals surface area contributed by atoms with Crippen molar-refractivity contribution >= 4 is 17.6 Å². The Hall–Kier alpha value is -3.07. The summed E-state index contributed by atoms with van der Waals surface area (Å²) in [6.07, 6.45) is 8.34. The second kappa shape index (κ2) is 8.06. The van der Waals surface area contributed by atoms with Crippen molar-refractivity contribution in [3.05, 3.63) is 63.0 Å². The summed E-state index contributed by atoms with van der Waals surface area (Å²) in [5.74, 6) is 0.694. The Kier molecular flexibility index (Phi) is 5.31. The molecule has 0 saturated heterocycles. The SMILES string of the molecule is CC(C)(C)OC(=O)N1CCCc2nc(C3(c4cncc(-c5cnsc5)c4)CC3)[nH]c(=O)c2C1. The summed E-state index contributed by atoms with van der Waals surface area (Å²) in [6, 6.07) is 2.12. The van der Waals surface area contributed by atoms with Gasteiger partial charge in [0.15, 0.2) is 0 Å². The van der Waals surface area contributed by atoms with Crippen LogP contribution < -0.4 is 5.56 Å². The average molecular weight is 466 g/mol. The minimum atomic E-state index is -0.583. The molecule has 2 aliphatic rings. The monoisotopic (exact) mass is 465 g/mol. The fraction of sp³-hybridized carbons (Fsp3) is 0.458. The van der Waals surface area contributed by atoms with Crippen molar-refractivity contribution in [2.45, 2.75) is 64.0 Å². The van der Waals surface area contributed by atoms with E-state index in [4.69, 9.17) is 9.72 Å².